The molecule has 0 saturated carbocycles. The molecule has 104 valence electrons. The molecule has 1 aromatic carbocycles. The lowest BCUT2D eigenvalue weighted by atomic mass is 10.2. The van der Waals surface area contributed by atoms with Gasteiger partial charge in [0.05, 0.1) is 5.70 Å². The number of likely N-dealkylation sites (N-methyl/N-ethyl adjacent to an activating group) is 1. The van der Waals surface area contributed by atoms with Crippen LogP contribution in [0.15, 0.2) is 48.8 Å². The predicted octanol–water partition coefficient (Wildman–Crippen LogP) is 4.19. The molecule has 1 aromatic rings. The minimum absolute atomic E-state index is 0.765. The van der Waals surface area contributed by atoms with E-state index in [2.05, 4.69) is 37.2 Å². The molecule has 0 radical (unpaired) electrons. The van der Waals surface area contributed by atoms with Gasteiger partial charge >= 0.3 is 0 Å². The maximum atomic E-state index is 5.91. The van der Waals surface area contributed by atoms with Gasteiger partial charge in [0.25, 0.3) is 0 Å². The summed E-state index contributed by atoms with van der Waals surface area (Å²) in [5.41, 5.74) is 3.08. The molecule has 0 atom stereocenters. The Bertz CT molecular complexity index is 423. The fraction of sp³-hybridized carbons (Fsp3) is 0.375. The van der Waals surface area contributed by atoms with Crippen molar-refractivity contribution in [3.63, 3.8) is 0 Å². The summed E-state index contributed by atoms with van der Waals surface area (Å²) in [4.78, 5) is 2.24. The summed E-state index contributed by atoms with van der Waals surface area (Å²) < 4.78 is 0. The van der Waals surface area contributed by atoms with Crippen LogP contribution in [0.4, 0.5) is 0 Å². The van der Waals surface area contributed by atoms with E-state index >= 15 is 0 Å². The summed E-state index contributed by atoms with van der Waals surface area (Å²) in [5.74, 6) is 0. The van der Waals surface area contributed by atoms with Gasteiger partial charge in [-0.3, -0.25) is 0 Å². The van der Waals surface area contributed by atoms with E-state index < -0.39 is 0 Å². The zero-order chi connectivity index (χ0) is 14.3. The van der Waals surface area contributed by atoms with Crippen LogP contribution in [-0.2, 0) is 6.54 Å². The van der Waals surface area contributed by atoms with Gasteiger partial charge in [0.1, 0.15) is 0 Å². The van der Waals surface area contributed by atoms with E-state index in [9.17, 15) is 0 Å². The van der Waals surface area contributed by atoms with E-state index in [0.29, 0.717) is 0 Å². The first-order valence-corrected chi connectivity index (χ1v) is 7.07. The molecular weight excluding hydrogens is 256 g/mol. The van der Waals surface area contributed by atoms with Crippen LogP contribution in [0.3, 0.4) is 0 Å². The number of halogens is 1. The normalized spacial score (nSPS) is 10.1. The number of hydrogen-bond acceptors (Lipinski definition) is 2. The molecule has 3 heteroatoms. The van der Waals surface area contributed by atoms with E-state index in [-0.39, 0.29) is 0 Å². The summed E-state index contributed by atoms with van der Waals surface area (Å²) in [5, 5.41) is 3.99. The smallest absolute Gasteiger partial charge is 0.0525 e. The van der Waals surface area contributed by atoms with Crippen molar-refractivity contribution in [1.29, 1.82) is 0 Å². The van der Waals surface area contributed by atoms with Crippen molar-refractivity contribution in [3.8, 4) is 0 Å². The molecule has 0 spiro atoms. The number of hydrogen-bond donors (Lipinski definition) is 1. The van der Waals surface area contributed by atoms with Crippen molar-refractivity contribution in [1.82, 2.24) is 10.2 Å². The Morgan fingerprint density at radius 3 is 2.37 bits per heavy atom. The second-order valence-corrected chi connectivity index (χ2v) is 4.94. The van der Waals surface area contributed by atoms with Gasteiger partial charge in [-0.25, -0.2) is 0 Å². The molecule has 19 heavy (non-hydrogen) atoms. The van der Waals surface area contributed by atoms with Gasteiger partial charge in [-0.2, -0.15) is 0 Å². The zero-order valence-corrected chi connectivity index (χ0v) is 12.6. The highest BCUT2D eigenvalue weighted by Gasteiger charge is 2.10. The maximum Gasteiger partial charge on any atom is 0.0525 e. The Morgan fingerprint density at radius 2 is 1.84 bits per heavy atom. The molecule has 0 unspecified atom stereocenters. The van der Waals surface area contributed by atoms with Crippen LogP contribution in [0, 0.1) is 0 Å². The summed E-state index contributed by atoms with van der Waals surface area (Å²) in [6.07, 6.45) is 1.08. The van der Waals surface area contributed by atoms with E-state index in [4.69, 9.17) is 11.6 Å². The van der Waals surface area contributed by atoms with Crippen LogP contribution in [0.2, 0.25) is 5.02 Å². The molecule has 1 rings (SSSR count). The van der Waals surface area contributed by atoms with E-state index in [1.807, 2.05) is 24.3 Å². The largest absolute Gasteiger partial charge is 0.384 e. The SMILES string of the molecule is C=C(NCC)C(=C)N(CCC)Cc1ccc(Cl)cc1. The Balaban J connectivity index is 2.74. The maximum absolute atomic E-state index is 5.91. The lowest BCUT2D eigenvalue weighted by molar-refractivity contribution is 0.341. The van der Waals surface area contributed by atoms with Crippen molar-refractivity contribution < 1.29 is 0 Å². The average molecular weight is 279 g/mol. The Kier molecular flexibility index (Phi) is 6.51. The van der Waals surface area contributed by atoms with Gasteiger partial charge in [0.15, 0.2) is 0 Å². The van der Waals surface area contributed by atoms with Crippen molar-refractivity contribution in [2.45, 2.75) is 26.8 Å². The summed E-state index contributed by atoms with van der Waals surface area (Å²) >= 11 is 5.91. The molecule has 0 fully saturated rings. The fourth-order valence-electron chi connectivity index (χ4n) is 1.90. The van der Waals surface area contributed by atoms with Crippen molar-refractivity contribution >= 4 is 11.6 Å². The van der Waals surface area contributed by atoms with E-state index in [1.165, 1.54) is 5.56 Å². The van der Waals surface area contributed by atoms with Crippen LogP contribution in [-0.4, -0.2) is 18.0 Å². The molecule has 0 aromatic heterocycles. The molecule has 0 amide bonds. The molecule has 0 aliphatic carbocycles. The summed E-state index contributed by atoms with van der Waals surface area (Å²) in [6.45, 7) is 15.0. The quantitative estimate of drug-likeness (QED) is 0.718. The van der Waals surface area contributed by atoms with Crippen LogP contribution in [0.25, 0.3) is 0 Å². The molecule has 0 heterocycles. The number of nitrogens with one attached hydrogen (secondary N) is 1. The minimum atomic E-state index is 0.765. The first kappa shape index (κ1) is 15.6. The third-order valence-electron chi connectivity index (χ3n) is 2.90. The molecule has 0 aliphatic rings. The van der Waals surface area contributed by atoms with Gasteiger partial charge in [-0.15, -0.1) is 0 Å². The Hall–Kier alpha value is -1.41. The number of benzene rings is 1. The molecule has 0 bridgehead atoms. The number of nitrogens with zero attached hydrogens (tertiary/aromatic N) is 1. The van der Waals surface area contributed by atoms with Gasteiger partial charge < -0.3 is 10.2 Å². The molecular formula is C16H23ClN2. The summed E-state index contributed by atoms with van der Waals surface area (Å²) in [6, 6.07) is 7.94. The van der Waals surface area contributed by atoms with Gasteiger partial charge in [0.2, 0.25) is 0 Å². The molecule has 0 aliphatic heterocycles. The number of rotatable bonds is 8. The first-order valence-electron chi connectivity index (χ1n) is 6.69. The molecule has 2 nitrogen and oxygen atoms in total. The third kappa shape index (κ3) is 4.99. The Labute approximate surface area is 121 Å². The highest BCUT2D eigenvalue weighted by atomic mass is 35.5. The van der Waals surface area contributed by atoms with Crippen molar-refractivity contribution in [2.24, 2.45) is 0 Å². The fourth-order valence-corrected chi connectivity index (χ4v) is 2.02. The minimum Gasteiger partial charge on any atom is -0.384 e. The average Bonchev–Trinajstić information content (AvgIpc) is 2.40. The highest BCUT2D eigenvalue weighted by molar-refractivity contribution is 6.30. The molecule has 1 N–H and O–H groups in total. The van der Waals surface area contributed by atoms with Gasteiger partial charge in [0, 0.05) is 30.4 Å². The second-order valence-electron chi connectivity index (χ2n) is 4.50. The standard InChI is InChI=1S/C16H23ClN2/c1-5-11-19(14(4)13(3)18-6-2)12-15-7-9-16(17)10-8-15/h7-10,18H,3-6,11-12H2,1-2H3. The van der Waals surface area contributed by atoms with Crippen LogP contribution < -0.4 is 5.32 Å². The highest BCUT2D eigenvalue weighted by Crippen LogP contribution is 2.16. The van der Waals surface area contributed by atoms with Crippen LogP contribution >= 0.6 is 11.6 Å². The second kappa shape index (κ2) is 7.90. The monoisotopic (exact) mass is 278 g/mol. The van der Waals surface area contributed by atoms with Crippen molar-refractivity contribution in [3.05, 3.63) is 59.4 Å². The van der Waals surface area contributed by atoms with E-state index in [0.717, 1.165) is 42.5 Å². The topological polar surface area (TPSA) is 15.3 Å². The summed E-state index contributed by atoms with van der Waals surface area (Å²) in [7, 11) is 0. The molecule has 0 saturated heterocycles. The lowest BCUT2D eigenvalue weighted by Gasteiger charge is -2.28. The van der Waals surface area contributed by atoms with Gasteiger partial charge in [-0.05, 0) is 31.0 Å². The zero-order valence-electron chi connectivity index (χ0n) is 11.9. The first-order chi connectivity index (χ1) is 9.08. The Morgan fingerprint density at radius 1 is 1.21 bits per heavy atom. The third-order valence-corrected chi connectivity index (χ3v) is 3.15. The van der Waals surface area contributed by atoms with Gasteiger partial charge in [-0.1, -0.05) is 43.8 Å². The van der Waals surface area contributed by atoms with Crippen LogP contribution in [0.5, 0.6) is 0 Å². The predicted molar refractivity (Wildman–Crippen MR) is 84.1 cm³/mol. The van der Waals surface area contributed by atoms with Crippen molar-refractivity contribution in [2.75, 3.05) is 13.1 Å². The lowest BCUT2D eigenvalue weighted by Crippen LogP contribution is -2.28. The van der Waals surface area contributed by atoms with Crippen LogP contribution in [0.1, 0.15) is 25.8 Å². The van der Waals surface area contributed by atoms with E-state index in [1.54, 1.807) is 0 Å².